The minimum absolute atomic E-state index is 0.881. The second-order valence-electron chi connectivity index (χ2n) is 6.01. The molecule has 2 atom stereocenters. The van der Waals surface area contributed by atoms with Crippen LogP contribution in [0.4, 0.5) is 0 Å². The molecule has 20 heavy (non-hydrogen) atoms. The Kier molecular flexibility index (Phi) is 4.28. The van der Waals surface area contributed by atoms with E-state index in [4.69, 9.17) is 4.42 Å². The second kappa shape index (κ2) is 6.33. The van der Waals surface area contributed by atoms with E-state index in [1.54, 1.807) is 6.26 Å². The van der Waals surface area contributed by atoms with Crippen LogP contribution in [0.15, 0.2) is 27.8 Å². The zero-order chi connectivity index (χ0) is 13.8. The van der Waals surface area contributed by atoms with Gasteiger partial charge in [-0.05, 0) is 36.8 Å². The molecule has 4 nitrogen and oxygen atoms in total. The van der Waals surface area contributed by atoms with Crippen LogP contribution in [-0.4, -0.2) is 37.5 Å². The highest BCUT2D eigenvalue weighted by Crippen LogP contribution is 2.35. The number of guanidine groups is 1. The summed E-state index contributed by atoms with van der Waals surface area (Å²) in [6, 6.07) is 3.96. The number of fused-ring (bicyclic) bond motifs is 1. The average molecular weight is 275 g/mol. The molecule has 1 aliphatic heterocycles. The molecule has 0 spiro atoms. The Balaban J connectivity index is 1.49. The molecule has 0 bridgehead atoms. The predicted octanol–water partition coefficient (Wildman–Crippen LogP) is 2.52. The maximum Gasteiger partial charge on any atom is 0.193 e. The number of hydrogen-bond donors (Lipinski definition) is 1. The van der Waals surface area contributed by atoms with Crippen molar-refractivity contribution in [1.29, 1.82) is 0 Å². The Labute approximate surface area is 121 Å². The maximum absolute atomic E-state index is 5.36. The third-order valence-corrected chi connectivity index (χ3v) is 4.72. The van der Waals surface area contributed by atoms with E-state index in [2.05, 4.69) is 15.2 Å². The van der Waals surface area contributed by atoms with E-state index >= 15 is 0 Å². The number of hydrogen-bond acceptors (Lipinski definition) is 2. The van der Waals surface area contributed by atoms with E-state index in [1.165, 1.54) is 38.8 Å². The van der Waals surface area contributed by atoms with Crippen molar-refractivity contribution in [2.45, 2.75) is 32.1 Å². The monoisotopic (exact) mass is 275 g/mol. The lowest BCUT2D eigenvalue weighted by Crippen LogP contribution is -2.41. The van der Waals surface area contributed by atoms with Gasteiger partial charge in [-0.3, -0.25) is 4.99 Å². The van der Waals surface area contributed by atoms with Gasteiger partial charge in [-0.2, -0.15) is 0 Å². The number of aliphatic imine (C=N–C) groups is 1. The number of furan rings is 1. The molecule has 1 saturated heterocycles. The van der Waals surface area contributed by atoms with Crippen LogP contribution in [0.5, 0.6) is 0 Å². The largest absolute Gasteiger partial charge is 0.469 e. The first-order chi connectivity index (χ1) is 9.86. The summed E-state index contributed by atoms with van der Waals surface area (Å²) in [5.41, 5.74) is 0. The molecule has 2 heterocycles. The Bertz CT molecular complexity index is 427. The zero-order valence-corrected chi connectivity index (χ0v) is 12.3. The second-order valence-corrected chi connectivity index (χ2v) is 6.01. The molecule has 0 aromatic carbocycles. The van der Waals surface area contributed by atoms with Gasteiger partial charge in [-0.15, -0.1) is 0 Å². The summed E-state index contributed by atoms with van der Waals surface area (Å²) in [4.78, 5) is 6.89. The summed E-state index contributed by atoms with van der Waals surface area (Å²) in [6.45, 7) is 3.25. The molecule has 4 heteroatoms. The number of nitrogens with one attached hydrogen (secondary N) is 1. The van der Waals surface area contributed by atoms with Gasteiger partial charge in [0.2, 0.25) is 0 Å². The molecular weight excluding hydrogens is 250 g/mol. The minimum atomic E-state index is 0.881. The molecule has 1 N–H and O–H groups in total. The molecule has 1 aromatic rings. The number of likely N-dealkylation sites (tertiary alicyclic amines) is 1. The van der Waals surface area contributed by atoms with E-state index in [9.17, 15) is 0 Å². The normalized spacial score (nSPS) is 26.6. The fourth-order valence-electron chi connectivity index (χ4n) is 3.66. The lowest BCUT2D eigenvalue weighted by Gasteiger charge is -2.22. The summed E-state index contributed by atoms with van der Waals surface area (Å²) in [5, 5.41) is 3.48. The Hall–Kier alpha value is -1.45. The van der Waals surface area contributed by atoms with Crippen LogP contribution < -0.4 is 5.32 Å². The van der Waals surface area contributed by atoms with Gasteiger partial charge in [0, 0.05) is 33.1 Å². The fourth-order valence-corrected chi connectivity index (χ4v) is 3.66. The summed E-state index contributed by atoms with van der Waals surface area (Å²) >= 11 is 0. The highest BCUT2D eigenvalue weighted by atomic mass is 16.3. The van der Waals surface area contributed by atoms with Crippen LogP contribution in [-0.2, 0) is 6.42 Å². The molecular formula is C16H25N3O. The topological polar surface area (TPSA) is 40.8 Å². The van der Waals surface area contributed by atoms with E-state index in [-0.39, 0.29) is 0 Å². The standard InChI is InChI=1S/C16H25N3O/c1-17-16(18-9-8-15-7-4-10-20-15)19-11-13-5-2-3-6-14(13)12-19/h4,7,10,13-14H,2-3,5-6,8-9,11-12H2,1H3,(H,17,18). The van der Waals surface area contributed by atoms with Gasteiger partial charge < -0.3 is 14.6 Å². The fraction of sp³-hybridized carbons (Fsp3) is 0.688. The van der Waals surface area contributed by atoms with Gasteiger partial charge >= 0.3 is 0 Å². The van der Waals surface area contributed by atoms with Crippen LogP contribution in [0, 0.1) is 11.8 Å². The van der Waals surface area contributed by atoms with E-state index in [1.807, 2.05) is 19.2 Å². The van der Waals surface area contributed by atoms with Crippen molar-refractivity contribution >= 4 is 5.96 Å². The third kappa shape index (κ3) is 3.00. The van der Waals surface area contributed by atoms with E-state index < -0.39 is 0 Å². The van der Waals surface area contributed by atoms with Gasteiger partial charge in [-0.25, -0.2) is 0 Å². The SMILES string of the molecule is CN=C(NCCc1ccco1)N1CC2CCCCC2C1. The van der Waals surface area contributed by atoms with Crippen molar-refractivity contribution in [3.05, 3.63) is 24.2 Å². The predicted molar refractivity (Wildman–Crippen MR) is 80.8 cm³/mol. The minimum Gasteiger partial charge on any atom is -0.469 e. The highest BCUT2D eigenvalue weighted by molar-refractivity contribution is 5.80. The first kappa shape index (κ1) is 13.5. The van der Waals surface area contributed by atoms with Gasteiger partial charge in [-0.1, -0.05) is 12.8 Å². The molecule has 2 aliphatic rings. The zero-order valence-electron chi connectivity index (χ0n) is 12.3. The van der Waals surface area contributed by atoms with Crippen LogP contribution in [0.3, 0.4) is 0 Å². The Morgan fingerprint density at radius 2 is 2.10 bits per heavy atom. The molecule has 3 rings (SSSR count). The number of rotatable bonds is 3. The van der Waals surface area contributed by atoms with Gasteiger partial charge in [0.15, 0.2) is 5.96 Å². The van der Waals surface area contributed by atoms with Crippen molar-refractivity contribution in [2.24, 2.45) is 16.8 Å². The third-order valence-electron chi connectivity index (χ3n) is 4.72. The first-order valence-electron chi connectivity index (χ1n) is 7.85. The molecule has 110 valence electrons. The van der Waals surface area contributed by atoms with Crippen molar-refractivity contribution in [3.8, 4) is 0 Å². The van der Waals surface area contributed by atoms with Crippen LogP contribution in [0.2, 0.25) is 0 Å². The summed E-state index contributed by atoms with van der Waals surface area (Å²) in [6.07, 6.45) is 8.29. The molecule has 1 saturated carbocycles. The summed E-state index contributed by atoms with van der Waals surface area (Å²) in [7, 11) is 1.89. The summed E-state index contributed by atoms with van der Waals surface area (Å²) < 4.78 is 5.36. The molecule has 1 aromatic heterocycles. The van der Waals surface area contributed by atoms with E-state index in [0.717, 1.165) is 36.5 Å². The van der Waals surface area contributed by atoms with Crippen molar-refractivity contribution in [1.82, 2.24) is 10.2 Å². The first-order valence-corrected chi connectivity index (χ1v) is 7.85. The average Bonchev–Trinajstić information content (AvgIpc) is 3.12. The Morgan fingerprint density at radius 3 is 2.70 bits per heavy atom. The van der Waals surface area contributed by atoms with Crippen molar-refractivity contribution in [2.75, 3.05) is 26.7 Å². The van der Waals surface area contributed by atoms with Gasteiger partial charge in [0.05, 0.1) is 6.26 Å². The lowest BCUT2D eigenvalue weighted by atomic mass is 9.82. The maximum atomic E-state index is 5.36. The van der Waals surface area contributed by atoms with Crippen molar-refractivity contribution < 1.29 is 4.42 Å². The molecule has 1 aliphatic carbocycles. The van der Waals surface area contributed by atoms with Crippen LogP contribution in [0.1, 0.15) is 31.4 Å². The molecule has 2 fully saturated rings. The van der Waals surface area contributed by atoms with Crippen LogP contribution >= 0.6 is 0 Å². The van der Waals surface area contributed by atoms with Gasteiger partial charge in [0.1, 0.15) is 5.76 Å². The van der Waals surface area contributed by atoms with Gasteiger partial charge in [0.25, 0.3) is 0 Å². The smallest absolute Gasteiger partial charge is 0.193 e. The van der Waals surface area contributed by atoms with E-state index in [0.29, 0.717) is 0 Å². The lowest BCUT2D eigenvalue weighted by molar-refractivity contribution is 0.299. The quantitative estimate of drug-likeness (QED) is 0.681. The molecule has 0 amide bonds. The van der Waals surface area contributed by atoms with Crippen molar-refractivity contribution in [3.63, 3.8) is 0 Å². The highest BCUT2D eigenvalue weighted by Gasteiger charge is 2.35. The molecule has 2 unspecified atom stereocenters. The summed E-state index contributed by atoms with van der Waals surface area (Å²) in [5.74, 6) is 3.88. The molecule has 0 radical (unpaired) electrons. The van der Waals surface area contributed by atoms with Crippen LogP contribution in [0.25, 0.3) is 0 Å². The Morgan fingerprint density at radius 1 is 1.35 bits per heavy atom. The number of nitrogens with zero attached hydrogens (tertiary/aromatic N) is 2.